The number of carbonyl (C=O) groups is 2. The Bertz CT molecular complexity index is 972. The molecule has 142 valence electrons. The van der Waals surface area contributed by atoms with Crippen LogP contribution in [-0.4, -0.2) is 35.1 Å². The first-order valence-electron chi connectivity index (χ1n) is 9.09. The monoisotopic (exact) mass is 392 g/mol. The fourth-order valence-corrected chi connectivity index (χ4v) is 4.54. The van der Waals surface area contributed by atoms with Crippen LogP contribution in [-0.2, 0) is 4.79 Å². The van der Waals surface area contributed by atoms with Crippen LogP contribution in [0.1, 0.15) is 10.8 Å². The highest BCUT2D eigenvalue weighted by atomic mass is 32.1. The zero-order chi connectivity index (χ0) is 19.5. The van der Waals surface area contributed by atoms with Crippen molar-refractivity contribution in [1.82, 2.24) is 4.90 Å². The summed E-state index contributed by atoms with van der Waals surface area (Å²) < 4.78 is 0. The zero-order valence-corrected chi connectivity index (χ0v) is 15.9. The number of nitrogens with one attached hydrogen (secondary N) is 1. The minimum absolute atomic E-state index is 0.117. The number of thiophene rings is 1. The Morgan fingerprint density at radius 2 is 1.75 bits per heavy atom. The van der Waals surface area contributed by atoms with E-state index in [1.54, 1.807) is 11.3 Å². The lowest BCUT2D eigenvalue weighted by molar-refractivity contribution is -0.119. The van der Waals surface area contributed by atoms with Crippen molar-refractivity contribution in [2.24, 2.45) is 5.92 Å². The van der Waals surface area contributed by atoms with Crippen LogP contribution < -0.4 is 5.32 Å². The molecule has 2 unspecified atom stereocenters. The van der Waals surface area contributed by atoms with Gasteiger partial charge in [-0.1, -0.05) is 48.5 Å². The molecule has 2 aromatic carbocycles. The number of carbonyl (C=O) groups excluding carboxylic acids is 1. The molecule has 2 atom stereocenters. The lowest BCUT2D eigenvalue weighted by atomic mass is 9.93. The lowest BCUT2D eigenvalue weighted by Gasteiger charge is -2.17. The van der Waals surface area contributed by atoms with E-state index in [9.17, 15) is 14.7 Å². The molecular weight excluding hydrogens is 372 g/mol. The van der Waals surface area contributed by atoms with Crippen molar-refractivity contribution in [3.63, 3.8) is 0 Å². The first-order chi connectivity index (χ1) is 13.6. The molecule has 0 bridgehead atoms. The first kappa shape index (κ1) is 18.3. The molecule has 4 rings (SSSR count). The average molecular weight is 392 g/mol. The quantitative estimate of drug-likeness (QED) is 0.673. The molecular formula is C22H20N2O3S. The van der Waals surface area contributed by atoms with Crippen molar-refractivity contribution in [3.05, 3.63) is 77.0 Å². The highest BCUT2D eigenvalue weighted by molar-refractivity contribution is 7.10. The number of amides is 2. The third-order valence-corrected chi connectivity index (χ3v) is 6.08. The molecule has 1 fully saturated rings. The third kappa shape index (κ3) is 3.77. The molecule has 28 heavy (non-hydrogen) atoms. The van der Waals surface area contributed by atoms with Gasteiger partial charge in [0, 0.05) is 29.6 Å². The second kappa shape index (κ2) is 7.86. The summed E-state index contributed by atoms with van der Waals surface area (Å²) >= 11 is 1.56. The van der Waals surface area contributed by atoms with Gasteiger partial charge in [0.1, 0.15) is 0 Å². The van der Waals surface area contributed by atoms with Gasteiger partial charge in [-0.05, 0) is 34.7 Å². The largest absolute Gasteiger partial charge is 0.465 e. The summed E-state index contributed by atoms with van der Waals surface area (Å²) in [5.41, 5.74) is 2.81. The van der Waals surface area contributed by atoms with E-state index < -0.39 is 12.0 Å². The summed E-state index contributed by atoms with van der Waals surface area (Å²) in [6.07, 6.45) is -0.983. The summed E-state index contributed by atoms with van der Waals surface area (Å²) in [7, 11) is 0. The van der Waals surface area contributed by atoms with Crippen LogP contribution in [0, 0.1) is 5.92 Å². The van der Waals surface area contributed by atoms with Gasteiger partial charge in [0.2, 0.25) is 5.91 Å². The number of hydrogen-bond acceptors (Lipinski definition) is 3. The van der Waals surface area contributed by atoms with E-state index in [1.807, 2.05) is 72.1 Å². The molecule has 6 heteroatoms. The third-order valence-electron chi connectivity index (χ3n) is 5.07. The molecule has 0 radical (unpaired) electrons. The summed E-state index contributed by atoms with van der Waals surface area (Å²) in [6.45, 7) is 0.556. The number of hydrogen-bond donors (Lipinski definition) is 2. The summed E-state index contributed by atoms with van der Waals surface area (Å²) in [5.74, 6) is -0.670. The fourth-order valence-electron chi connectivity index (χ4n) is 3.66. The van der Waals surface area contributed by atoms with Crippen LogP contribution in [0.2, 0.25) is 0 Å². The number of likely N-dealkylation sites (tertiary alicyclic amines) is 1. The van der Waals surface area contributed by atoms with E-state index in [4.69, 9.17) is 0 Å². The second-order valence-corrected chi connectivity index (χ2v) is 7.83. The SMILES string of the molecule is O=C(Nc1cccc(-c2ccccc2)c1)C1CN(C(=O)O)CC1c1cccs1. The van der Waals surface area contributed by atoms with Gasteiger partial charge in [-0.3, -0.25) is 4.79 Å². The molecule has 2 amide bonds. The van der Waals surface area contributed by atoms with Gasteiger partial charge in [-0.15, -0.1) is 11.3 Å². The Morgan fingerprint density at radius 1 is 0.964 bits per heavy atom. The normalized spacial score (nSPS) is 18.8. The number of anilines is 1. The van der Waals surface area contributed by atoms with Crippen LogP contribution in [0.4, 0.5) is 10.5 Å². The number of carboxylic acid groups (broad SMARTS) is 1. The Hall–Kier alpha value is -3.12. The molecule has 0 saturated carbocycles. The van der Waals surface area contributed by atoms with Crippen molar-refractivity contribution in [2.45, 2.75) is 5.92 Å². The molecule has 5 nitrogen and oxygen atoms in total. The fraction of sp³-hybridized carbons (Fsp3) is 0.182. The first-order valence-corrected chi connectivity index (χ1v) is 9.97. The molecule has 1 aliphatic heterocycles. The van der Waals surface area contributed by atoms with E-state index in [2.05, 4.69) is 5.32 Å². The van der Waals surface area contributed by atoms with Crippen molar-refractivity contribution in [1.29, 1.82) is 0 Å². The van der Waals surface area contributed by atoms with Gasteiger partial charge >= 0.3 is 6.09 Å². The van der Waals surface area contributed by atoms with Crippen LogP contribution >= 0.6 is 11.3 Å². The Kier molecular flexibility index (Phi) is 5.12. The number of benzene rings is 2. The van der Waals surface area contributed by atoms with Crippen LogP contribution in [0.3, 0.4) is 0 Å². The topological polar surface area (TPSA) is 69.6 Å². The molecule has 3 aromatic rings. The molecule has 2 N–H and O–H groups in total. The van der Waals surface area contributed by atoms with Crippen molar-refractivity contribution < 1.29 is 14.7 Å². The summed E-state index contributed by atoms with van der Waals surface area (Å²) in [4.78, 5) is 26.8. The zero-order valence-electron chi connectivity index (χ0n) is 15.1. The molecule has 1 aromatic heterocycles. The number of rotatable bonds is 4. The van der Waals surface area contributed by atoms with Gasteiger partial charge in [-0.25, -0.2) is 4.79 Å². The van der Waals surface area contributed by atoms with Gasteiger partial charge in [0.05, 0.1) is 5.92 Å². The summed E-state index contributed by atoms with van der Waals surface area (Å²) in [6, 6.07) is 21.6. The Morgan fingerprint density at radius 3 is 2.46 bits per heavy atom. The van der Waals surface area contributed by atoms with E-state index >= 15 is 0 Å². The van der Waals surface area contributed by atoms with Crippen molar-refractivity contribution >= 4 is 29.0 Å². The average Bonchev–Trinajstić information content (AvgIpc) is 3.38. The Labute approximate surface area is 167 Å². The predicted molar refractivity (Wildman–Crippen MR) is 111 cm³/mol. The predicted octanol–water partition coefficient (Wildman–Crippen LogP) is 4.75. The number of nitrogens with zero attached hydrogens (tertiary/aromatic N) is 1. The summed E-state index contributed by atoms with van der Waals surface area (Å²) in [5, 5.41) is 14.3. The standard InChI is InChI=1S/C22H20N2O3S/c25-21(19-14-24(22(26)27)13-18(19)20-10-5-11-28-20)23-17-9-4-8-16(12-17)15-6-2-1-3-7-15/h1-12,18-19H,13-14H2,(H,23,25)(H,26,27). The van der Waals surface area contributed by atoms with E-state index in [0.29, 0.717) is 12.2 Å². The molecule has 2 heterocycles. The van der Waals surface area contributed by atoms with Crippen LogP contribution in [0.25, 0.3) is 11.1 Å². The molecule has 0 aliphatic carbocycles. The van der Waals surface area contributed by atoms with Gasteiger partial charge in [0.15, 0.2) is 0 Å². The molecule has 0 spiro atoms. The van der Waals surface area contributed by atoms with Crippen molar-refractivity contribution in [3.8, 4) is 11.1 Å². The van der Waals surface area contributed by atoms with Gasteiger partial charge < -0.3 is 15.3 Å². The second-order valence-electron chi connectivity index (χ2n) is 6.85. The van der Waals surface area contributed by atoms with E-state index in [-0.39, 0.29) is 18.4 Å². The highest BCUT2D eigenvalue weighted by Gasteiger charge is 2.41. The Balaban J connectivity index is 1.55. The molecule has 1 aliphatic rings. The van der Waals surface area contributed by atoms with E-state index in [0.717, 1.165) is 16.0 Å². The van der Waals surface area contributed by atoms with E-state index in [1.165, 1.54) is 4.90 Å². The maximum atomic E-state index is 13.0. The minimum atomic E-state index is -0.983. The smallest absolute Gasteiger partial charge is 0.407 e. The minimum Gasteiger partial charge on any atom is -0.465 e. The van der Waals surface area contributed by atoms with Crippen molar-refractivity contribution in [2.75, 3.05) is 18.4 Å². The lowest BCUT2D eigenvalue weighted by Crippen LogP contribution is -2.30. The van der Waals surface area contributed by atoms with Gasteiger partial charge in [-0.2, -0.15) is 0 Å². The maximum absolute atomic E-state index is 13.0. The molecule has 1 saturated heterocycles. The van der Waals surface area contributed by atoms with Crippen LogP contribution in [0.5, 0.6) is 0 Å². The maximum Gasteiger partial charge on any atom is 0.407 e. The van der Waals surface area contributed by atoms with Crippen LogP contribution in [0.15, 0.2) is 72.1 Å². The van der Waals surface area contributed by atoms with Gasteiger partial charge in [0.25, 0.3) is 0 Å². The highest BCUT2D eigenvalue weighted by Crippen LogP contribution is 2.36.